The normalized spacial score (nSPS) is 10.5. The van der Waals surface area contributed by atoms with Crippen LogP contribution >= 0.6 is 0 Å². The van der Waals surface area contributed by atoms with Gasteiger partial charge in [0.2, 0.25) is 5.60 Å². The maximum absolute atomic E-state index is 11.6. The Morgan fingerprint density at radius 1 is 1.18 bits per heavy atom. The summed E-state index contributed by atoms with van der Waals surface area (Å²) in [7, 11) is 1.38. The standard InChI is InChI=1S/C12H15NO4/c1-12(2,10(14)16-11(15)13-3)17-9-7-5-4-6-8-9/h4-8H,1-3H3,(H,13,15). The maximum atomic E-state index is 11.6. The molecule has 0 fully saturated rings. The Balaban J connectivity index is 2.68. The third-order valence-electron chi connectivity index (χ3n) is 2.00. The molecule has 0 saturated heterocycles. The minimum atomic E-state index is -1.23. The summed E-state index contributed by atoms with van der Waals surface area (Å²) in [6.45, 7) is 3.07. The summed E-state index contributed by atoms with van der Waals surface area (Å²) in [5.74, 6) is -0.216. The molecule has 1 amide bonds. The van der Waals surface area contributed by atoms with Gasteiger partial charge in [0.05, 0.1) is 0 Å². The van der Waals surface area contributed by atoms with Crippen molar-refractivity contribution in [1.29, 1.82) is 0 Å². The van der Waals surface area contributed by atoms with Crippen molar-refractivity contribution in [2.75, 3.05) is 7.05 Å². The predicted molar refractivity (Wildman–Crippen MR) is 61.7 cm³/mol. The predicted octanol–water partition coefficient (Wildman–Crippen LogP) is 1.73. The number of alkyl carbamates (subject to hydrolysis) is 1. The van der Waals surface area contributed by atoms with Gasteiger partial charge in [0.25, 0.3) is 0 Å². The average Bonchev–Trinajstić information content (AvgIpc) is 2.29. The van der Waals surface area contributed by atoms with Crippen molar-refractivity contribution in [3.05, 3.63) is 30.3 Å². The first-order valence-electron chi connectivity index (χ1n) is 5.14. The fourth-order valence-electron chi connectivity index (χ4n) is 1.08. The highest BCUT2D eigenvalue weighted by Gasteiger charge is 2.33. The van der Waals surface area contributed by atoms with Crippen LogP contribution in [0.5, 0.6) is 5.75 Å². The van der Waals surface area contributed by atoms with Crippen molar-refractivity contribution in [2.24, 2.45) is 0 Å². The summed E-state index contributed by atoms with van der Waals surface area (Å²) in [5.41, 5.74) is -1.23. The van der Waals surface area contributed by atoms with Crippen molar-refractivity contribution in [3.8, 4) is 5.75 Å². The van der Waals surface area contributed by atoms with Crippen LogP contribution in [-0.2, 0) is 9.53 Å². The summed E-state index contributed by atoms with van der Waals surface area (Å²) in [4.78, 5) is 22.5. The Kier molecular flexibility index (Phi) is 4.09. The number of benzene rings is 1. The lowest BCUT2D eigenvalue weighted by atomic mass is 10.1. The van der Waals surface area contributed by atoms with Gasteiger partial charge in [-0.2, -0.15) is 0 Å². The van der Waals surface area contributed by atoms with E-state index in [0.29, 0.717) is 5.75 Å². The largest absolute Gasteiger partial charge is 0.476 e. The lowest BCUT2D eigenvalue weighted by Gasteiger charge is -2.23. The molecule has 0 unspecified atom stereocenters. The molecule has 92 valence electrons. The lowest BCUT2D eigenvalue weighted by Crippen LogP contribution is -2.42. The third-order valence-corrected chi connectivity index (χ3v) is 2.00. The van der Waals surface area contributed by atoms with Crippen LogP contribution < -0.4 is 10.1 Å². The number of carbonyl (C=O) groups excluding carboxylic acids is 2. The SMILES string of the molecule is CNC(=O)OC(=O)C(C)(C)Oc1ccccc1. The summed E-state index contributed by atoms with van der Waals surface area (Å²) in [6.07, 6.45) is -0.806. The minimum absolute atomic E-state index is 0.534. The summed E-state index contributed by atoms with van der Waals surface area (Å²) < 4.78 is 9.98. The van der Waals surface area contributed by atoms with E-state index in [2.05, 4.69) is 10.1 Å². The molecule has 0 aliphatic carbocycles. The first-order valence-corrected chi connectivity index (χ1v) is 5.14. The van der Waals surface area contributed by atoms with Crippen molar-refractivity contribution >= 4 is 12.1 Å². The Labute approximate surface area is 99.7 Å². The van der Waals surface area contributed by atoms with Crippen molar-refractivity contribution in [1.82, 2.24) is 5.32 Å². The summed E-state index contributed by atoms with van der Waals surface area (Å²) >= 11 is 0. The molecule has 0 aromatic heterocycles. The molecule has 1 aromatic carbocycles. The number of ether oxygens (including phenoxy) is 2. The first-order chi connectivity index (χ1) is 7.95. The molecule has 5 nitrogen and oxygen atoms in total. The van der Waals surface area contributed by atoms with Crippen LogP contribution in [0.2, 0.25) is 0 Å². The second-order valence-corrected chi connectivity index (χ2v) is 3.85. The number of nitrogens with one attached hydrogen (secondary N) is 1. The minimum Gasteiger partial charge on any atom is -0.476 e. The van der Waals surface area contributed by atoms with Crippen molar-refractivity contribution in [3.63, 3.8) is 0 Å². The zero-order valence-electron chi connectivity index (χ0n) is 10.0. The average molecular weight is 237 g/mol. The molecule has 0 bridgehead atoms. The van der Waals surface area contributed by atoms with Gasteiger partial charge in [0.1, 0.15) is 5.75 Å². The third kappa shape index (κ3) is 3.79. The van der Waals surface area contributed by atoms with Gasteiger partial charge in [-0.25, -0.2) is 9.59 Å². The van der Waals surface area contributed by atoms with Crippen LogP contribution in [0.25, 0.3) is 0 Å². The first kappa shape index (κ1) is 13.0. The van der Waals surface area contributed by atoms with Gasteiger partial charge in [-0.1, -0.05) is 18.2 Å². The van der Waals surface area contributed by atoms with Crippen LogP contribution in [0.4, 0.5) is 4.79 Å². The van der Waals surface area contributed by atoms with Gasteiger partial charge in [0.15, 0.2) is 0 Å². The Morgan fingerprint density at radius 2 is 1.76 bits per heavy atom. The number of rotatable bonds is 3. The maximum Gasteiger partial charge on any atom is 0.414 e. The number of para-hydroxylation sites is 1. The van der Waals surface area contributed by atoms with E-state index in [-0.39, 0.29) is 0 Å². The smallest absolute Gasteiger partial charge is 0.414 e. The molecule has 1 aromatic rings. The fraction of sp³-hybridized carbons (Fsp3) is 0.333. The molecule has 5 heteroatoms. The highest BCUT2D eigenvalue weighted by atomic mass is 16.6. The molecule has 0 aliphatic rings. The summed E-state index contributed by atoms with van der Waals surface area (Å²) in [6, 6.07) is 8.84. The van der Waals surface area contributed by atoms with Crippen molar-refractivity contribution < 1.29 is 19.1 Å². The lowest BCUT2D eigenvalue weighted by molar-refractivity contribution is -0.152. The highest BCUT2D eigenvalue weighted by Crippen LogP contribution is 2.18. The monoisotopic (exact) mass is 237 g/mol. The van der Waals surface area contributed by atoms with Crippen LogP contribution in [0.15, 0.2) is 30.3 Å². The molecule has 0 radical (unpaired) electrons. The molecule has 0 saturated carbocycles. The Bertz CT molecular complexity index is 400. The van der Waals surface area contributed by atoms with E-state index in [1.54, 1.807) is 24.3 Å². The van der Waals surface area contributed by atoms with Gasteiger partial charge in [0, 0.05) is 7.05 Å². The molecule has 17 heavy (non-hydrogen) atoms. The molecule has 0 atom stereocenters. The molecule has 0 aliphatic heterocycles. The number of carbonyl (C=O) groups is 2. The highest BCUT2D eigenvalue weighted by molar-refractivity contribution is 5.89. The number of hydrogen-bond donors (Lipinski definition) is 1. The molecule has 0 heterocycles. The van der Waals surface area contributed by atoms with E-state index in [9.17, 15) is 9.59 Å². The van der Waals surface area contributed by atoms with Crippen LogP contribution in [-0.4, -0.2) is 24.7 Å². The second-order valence-electron chi connectivity index (χ2n) is 3.85. The van der Waals surface area contributed by atoms with E-state index in [1.165, 1.54) is 20.9 Å². The zero-order valence-corrected chi connectivity index (χ0v) is 10.0. The topological polar surface area (TPSA) is 64.6 Å². The van der Waals surface area contributed by atoms with Gasteiger partial charge in [-0.05, 0) is 26.0 Å². The molecular weight excluding hydrogens is 222 g/mol. The Hall–Kier alpha value is -2.04. The Morgan fingerprint density at radius 3 is 2.29 bits per heavy atom. The number of amides is 1. The van der Waals surface area contributed by atoms with Crippen LogP contribution in [0, 0.1) is 0 Å². The van der Waals surface area contributed by atoms with Gasteiger partial charge in [-0.15, -0.1) is 0 Å². The zero-order chi connectivity index (χ0) is 12.9. The molecular formula is C12H15NO4. The van der Waals surface area contributed by atoms with Gasteiger partial charge in [-0.3, -0.25) is 0 Å². The van der Waals surface area contributed by atoms with E-state index in [0.717, 1.165) is 0 Å². The molecule has 0 spiro atoms. The summed E-state index contributed by atoms with van der Waals surface area (Å²) in [5, 5.41) is 2.19. The van der Waals surface area contributed by atoms with Crippen molar-refractivity contribution in [2.45, 2.75) is 19.4 Å². The van der Waals surface area contributed by atoms with Gasteiger partial charge < -0.3 is 14.8 Å². The van der Waals surface area contributed by atoms with E-state index < -0.39 is 17.7 Å². The van der Waals surface area contributed by atoms with E-state index in [1.807, 2.05) is 6.07 Å². The van der Waals surface area contributed by atoms with E-state index >= 15 is 0 Å². The quantitative estimate of drug-likeness (QED) is 0.642. The molecule has 1 N–H and O–H groups in total. The molecule has 1 rings (SSSR count). The number of esters is 1. The van der Waals surface area contributed by atoms with Gasteiger partial charge >= 0.3 is 12.1 Å². The van der Waals surface area contributed by atoms with Crippen LogP contribution in [0.1, 0.15) is 13.8 Å². The van der Waals surface area contributed by atoms with E-state index in [4.69, 9.17) is 4.74 Å². The van der Waals surface area contributed by atoms with Crippen LogP contribution in [0.3, 0.4) is 0 Å². The second kappa shape index (κ2) is 5.34. The fourth-order valence-corrected chi connectivity index (χ4v) is 1.08. The number of hydrogen-bond acceptors (Lipinski definition) is 4.